The maximum atomic E-state index is 11.6. The predicted octanol–water partition coefficient (Wildman–Crippen LogP) is 1.49. The van der Waals surface area contributed by atoms with Gasteiger partial charge in [-0.15, -0.1) is 0 Å². The molecule has 3 heterocycles. The van der Waals surface area contributed by atoms with Crippen molar-refractivity contribution in [1.29, 1.82) is 0 Å². The number of rotatable bonds is 5. The van der Waals surface area contributed by atoms with E-state index in [4.69, 9.17) is 20.2 Å². The van der Waals surface area contributed by atoms with Gasteiger partial charge in [-0.2, -0.15) is 4.98 Å². The van der Waals surface area contributed by atoms with Crippen LogP contribution in [0.3, 0.4) is 0 Å². The molecule has 1 saturated heterocycles. The van der Waals surface area contributed by atoms with Gasteiger partial charge in [0.15, 0.2) is 0 Å². The van der Waals surface area contributed by atoms with E-state index in [1.807, 2.05) is 6.07 Å². The van der Waals surface area contributed by atoms with Crippen LogP contribution in [0.25, 0.3) is 10.9 Å². The molecule has 1 aliphatic heterocycles. The van der Waals surface area contributed by atoms with E-state index in [0.717, 1.165) is 50.8 Å². The topological polar surface area (TPSA) is 120 Å². The molecule has 0 atom stereocenters. The van der Waals surface area contributed by atoms with Gasteiger partial charge in [-0.1, -0.05) is 0 Å². The molecule has 4 rings (SSSR count). The maximum absolute atomic E-state index is 11.6. The third-order valence-corrected chi connectivity index (χ3v) is 5.87. The van der Waals surface area contributed by atoms with E-state index < -0.39 is 10.0 Å². The highest BCUT2D eigenvalue weighted by Gasteiger charge is 2.23. The summed E-state index contributed by atoms with van der Waals surface area (Å²) in [5, 5.41) is 0.686. The van der Waals surface area contributed by atoms with E-state index in [2.05, 4.69) is 14.6 Å². The second-order valence-electron chi connectivity index (χ2n) is 7.70. The number of nitrogens with one attached hydrogen (secondary N) is 1. The number of sulfonamides is 1. The molecule has 10 heteroatoms. The molecule has 0 unspecified atom stereocenters. The van der Waals surface area contributed by atoms with Gasteiger partial charge < -0.3 is 20.1 Å². The fourth-order valence-corrected chi connectivity index (χ4v) is 4.30. The van der Waals surface area contributed by atoms with Crippen molar-refractivity contribution in [2.45, 2.75) is 37.8 Å². The van der Waals surface area contributed by atoms with Crippen molar-refractivity contribution in [3.05, 3.63) is 18.3 Å². The minimum Gasteiger partial charge on any atom is -0.474 e. The summed E-state index contributed by atoms with van der Waals surface area (Å²) < 4.78 is 37.4. The monoisotopic (exact) mass is 421 g/mol. The molecule has 2 fully saturated rings. The summed E-state index contributed by atoms with van der Waals surface area (Å²) in [4.78, 5) is 11.4. The van der Waals surface area contributed by atoms with Crippen molar-refractivity contribution < 1.29 is 17.9 Å². The first-order chi connectivity index (χ1) is 13.9. The molecule has 0 amide bonds. The average molecular weight is 422 g/mol. The first-order valence-corrected chi connectivity index (χ1v) is 11.8. The number of ether oxygens (including phenoxy) is 2. The van der Waals surface area contributed by atoms with Gasteiger partial charge in [0.1, 0.15) is 11.9 Å². The number of pyridine rings is 2. The summed E-state index contributed by atoms with van der Waals surface area (Å²) in [5.41, 5.74) is 7.11. The first-order valence-electron chi connectivity index (χ1n) is 9.91. The van der Waals surface area contributed by atoms with Crippen molar-refractivity contribution >= 4 is 32.4 Å². The van der Waals surface area contributed by atoms with E-state index in [1.54, 1.807) is 6.07 Å². The Kier molecular flexibility index (Phi) is 5.75. The van der Waals surface area contributed by atoms with Crippen molar-refractivity contribution in [3.63, 3.8) is 0 Å². The number of aromatic nitrogens is 2. The third kappa shape index (κ3) is 5.06. The minimum atomic E-state index is -3.40. The second kappa shape index (κ2) is 8.29. The smallest absolute Gasteiger partial charge is 0.229 e. The van der Waals surface area contributed by atoms with E-state index in [9.17, 15) is 8.42 Å². The highest BCUT2D eigenvalue weighted by atomic mass is 32.2. The lowest BCUT2D eigenvalue weighted by Crippen LogP contribution is -2.37. The molecule has 3 N–H and O–H groups in total. The third-order valence-electron chi connectivity index (χ3n) is 5.27. The van der Waals surface area contributed by atoms with E-state index in [1.165, 1.54) is 6.20 Å². The Morgan fingerprint density at radius 2 is 1.93 bits per heavy atom. The highest BCUT2D eigenvalue weighted by Crippen LogP contribution is 2.32. The second-order valence-corrected chi connectivity index (χ2v) is 9.45. The zero-order valence-corrected chi connectivity index (χ0v) is 17.3. The largest absolute Gasteiger partial charge is 0.474 e. The van der Waals surface area contributed by atoms with E-state index in [0.29, 0.717) is 35.7 Å². The lowest BCUT2D eigenvalue weighted by atomic mass is 9.94. The van der Waals surface area contributed by atoms with Crippen LogP contribution < -0.4 is 20.1 Å². The van der Waals surface area contributed by atoms with Crippen LogP contribution in [0.1, 0.15) is 25.7 Å². The van der Waals surface area contributed by atoms with Crippen LogP contribution in [-0.4, -0.2) is 63.1 Å². The molecule has 0 radical (unpaired) electrons. The normalized spacial score (nSPS) is 23.2. The number of nitrogens with zero attached hydrogens (tertiary/aromatic N) is 3. The van der Waals surface area contributed by atoms with Crippen molar-refractivity contribution in [1.82, 2.24) is 9.97 Å². The zero-order valence-electron chi connectivity index (χ0n) is 16.5. The van der Waals surface area contributed by atoms with Gasteiger partial charge in [0.05, 0.1) is 42.3 Å². The molecule has 0 bridgehead atoms. The first kappa shape index (κ1) is 20.1. The van der Waals surface area contributed by atoms with Gasteiger partial charge in [0.2, 0.25) is 15.9 Å². The SMILES string of the molecule is CS(=O)(=O)Nc1cnc2cc(N3CCOCC3)nc(OC3CCC(N)CC3)c2c1. The van der Waals surface area contributed by atoms with Gasteiger partial charge in [0, 0.05) is 25.2 Å². The fraction of sp³-hybridized carbons (Fsp3) is 0.579. The van der Waals surface area contributed by atoms with Crippen molar-refractivity contribution in [2.24, 2.45) is 5.73 Å². The number of morpholine rings is 1. The minimum absolute atomic E-state index is 0.0389. The van der Waals surface area contributed by atoms with Crippen LogP contribution in [0.5, 0.6) is 5.88 Å². The lowest BCUT2D eigenvalue weighted by molar-refractivity contribution is 0.122. The van der Waals surface area contributed by atoms with Gasteiger partial charge in [-0.25, -0.2) is 8.42 Å². The van der Waals surface area contributed by atoms with E-state index in [-0.39, 0.29) is 12.1 Å². The fourth-order valence-electron chi connectivity index (χ4n) is 3.76. The Hall–Kier alpha value is -2.17. The van der Waals surface area contributed by atoms with Gasteiger partial charge in [-0.3, -0.25) is 9.71 Å². The van der Waals surface area contributed by atoms with Crippen LogP contribution in [0.15, 0.2) is 18.3 Å². The van der Waals surface area contributed by atoms with Crippen LogP contribution in [-0.2, 0) is 14.8 Å². The van der Waals surface area contributed by atoms with Crippen molar-refractivity contribution in [2.75, 3.05) is 42.2 Å². The highest BCUT2D eigenvalue weighted by molar-refractivity contribution is 7.92. The molecule has 0 aromatic carbocycles. The predicted molar refractivity (Wildman–Crippen MR) is 112 cm³/mol. The molecule has 1 aliphatic carbocycles. The molecule has 2 aromatic rings. The molecule has 2 aliphatic rings. The summed E-state index contributed by atoms with van der Waals surface area (Å²) >= 11 is 0. The van der Waals surface area contributed by atoms with Gasteiger partial charge in [-0.05, 0) is 31.7 Å². The summed E-state index contributed by atoms with van der Waals surface area (Å²) in [6.45, 7) is 2.82. The Bertz CT molecular complexity index is 970. The molecular formula is C19H27N5O4S. The van der Waals surface area contributed by atoms with Gasteiger partial charge in [0.25, 0.3) is 0 Å². The molecule has 158 valence electrons. The summed E-state index contributed by atoms with van der Waals surface area (Å²) in [7, 11) is -3.40. The Morgan fingerprint density at radius 3 is 2.62 bits per heavy atom. The van der Waals surface area contributed by atoms with Crippen LogP contribution in [0.2, 0.25) is 0 Å². The maximum Gasteiger partial charge on any atom is 0.229 e. The Morgan fingerprint density at radius 1 is 1.21 bits per heavy atom. The van der Waals surface area contributed by atoms with Crippen molar-refractivity contribution in [3.8, 4) is 5.88 Å². The molecule has 9 nitrogen and oxygen atoms in total. The van der Waals surface area contributed by atoms with E-state index >= 15 is 0 Å². The number of anilines is 2. The Balaban J connectivity index is 1.71. The van der Waals surface area contributed by atoms with Crippen LogP contribution in [0.4, 0.5) is 11.5 Å². The Labute approximate surface area is 170 Å². The average Bonchev–Trinajstić information content (AvgIpc) is 2.69. The number of nitrogens with two attached hydrogens (primary N) is 1. The number of hydrogen-bond donors (Lipinski definition) is 2. The summed E-state index contributed by atoms with van der Waals surface area (Å²) in [5.74, 6) is 1.27. The summed E-state index contributed by atoms with van der Waals surface area (Å²) in [6, 6.07) is 3.87. The molecule has 2 aromatic heterocycles. The zero-order chi connectivity index (χ0) is 20.4. The molecule has 0 spiro atoms. The quantitative estimate of drug-likeness (QED) is 0.745. The summed E-state index contributed by atoms with van der Waals surface area (Å²) in [6.07, 6.45) is 6.25. The molecular weight excluding hydrogens is 394 g/mol. The van der Waals surface area contributed by atoms with Gasteiger partial charge >= 0.3 is 0 Å². The molecule has 29 heavy (non-hydrogen) atoms. The lowest BCUT2D eigenvalue weighted by Gasteiger charge is -2.30. The standard InChI is InChI=1S/C19H27N5O4S/c1-29(25,26)23-14-10-16-17(21-12-14)11-18(24-6-8-27-9-7-24)22-19(16)28-15-4-2-13(20)3-5-15/h10-13,15,23H,2-9,20H2,1H3. The van der Waals surface area contributed by atoms with Crippen LogP contribution >= 0.6 is 0 Å². The molecule has 1 saturated carbocycles. The number of fused-ring (bicyclic) bond motifs is 1. The number of hydrogen-bond acceptors (Lipinski definition) is 8. The van der Waals surface area contributed by atoms with Crippen LogP contribution in [0, 0.1) is 0 Å².